The van der Waals surface area contributed by atoms with Crippen molar-refractivity contribution in [3.8, 4) is 11.5 Å². The van der Waals surface area contributed by atoms with Crippen LogP contribution in [0.15, 0.2) is 65.6 Å². The van der Waals surface area contributed by atoms with Crippen LogP contribution in [0.4, 0.5) is 5.69 Å². The highest BCUT2D eigenvalue weighted by Crippen LogP contribution is 2.33. The third kappa shape index (κ3) is 7.80. The van der Waals surface area contributed by atoms with Gasteiger partial charge in [0.1, 0.15) is 12.6 Å². The third-order valence-electron chi connectivity index (χ3n) is 6.43. The van der Waals surface area contributed by atoms with Crippen molar-refractivity contribution in [1.82, 2.24) is 10.2 Å². The van der Waals surface area contributed by atoms with E-state index in [2.05, 4.69) is 5.32 Å². The zero-order chi connectivity index (χ0) is 31.0. The number of hydrogen-bond acceptors (Lipinski definition) is 6. The Morgan fingerprint density at radius 1 is 0.881 bits per heavy atom. The Hall–Kier alpha value is -3.18. The van der Waals surface area contributed by atoms with Gasteiger partial charge in [0.15, 0.2) is 11.5 Å². The number of hydrogen-bond donors (Lipinski definition) is 1. The fourth-order valence-corrected chi connectivity index (χ4v) is 6.31. The zero-order valence-electron chi connectivity index (χ0n) is 23.6. The van der Waals surface area contributed by atoms with E-state index in [-0.39, 0.29) is 35.2 Å². The lowest BCUT2D eigenvalue weighted by molar-refractivity contribution is -0.140. The van der Waals surface area contributed by atoms with Crippen LogP contribution >= 0.6 is 34.8 Å². The van der Waals surface area contributed by atoms with Crippen LogP contribution < -0.4 is 19.1 Å². The van der Waals surface area contributed by atoms with E-state index in [0.717, 1.165) is 4.31 Å². The summed E-state index contributed by atoms with van der Waals surface area (Å²) in [6.07, 6.45) is 0.270. The molecule has 3 rings (SSSR count). The van der Waals surface area contributed by atoms with Crippen molar-refractivity contribution in [2.24, 2.45) is 0 Å². The van der Waals surface area contributed by atoms with Crippen molar-refractivity contribution in [3.63, 3.8) is 0 Å². The van der Waals surface area contributed by atoms with E-state index >= 15 is 0 Å². The number of ether oxygens (including phenoxy) is 2. The average Bonchev–Trinajstić information content (AvgIpc) is 2.97. The van der Waals surface area contributed by atoms with Crippen LogP contribution in [-0.4, -0.2) is 58.5 Å². The molecule has 13 heteroatoms. The summed E-state index contributed by atoms with van der Waals surface area (Å²) in [5.41, 5.74) is 0.732. The number of rotatable bonds is 13. The van der Waals surface area contributed by atoms with Gasteiger partial charge in [0.2, 0.25) is 11.8 Å². The first kappa shape index (κ1) is 33.3. The monoisotopic (exact) mass is 655 g/mol. The Labute approximate surface area is 261 Å². The van der Waals surface area contributed by atoms with E-state index in [1.54, 1.807) is 26.0 Å². The molecule has 0 saturated carbocycles. The van der Waals surface area contributed by atoms with Crippen molar-refractivity contribution in [2.45, 2.75) is 37.8 Å². The molecular formula is C29H32Cl3N3O6S. The molecule has 0 bridgehead atoms. The summed E-state index contributed by atoms with van der Waals surface area (Å²) in [6.45, 7) is 3.20. The lowest BCUT2D eigenvalue weighted by Crippen LogP contribution is -2.52. The predicted molar refractivity (Wildman–Crippen MR) is 165 cm³/mol. The maximum atomic E-state index is 14.1. The molecule has 9 nitrogen and oxygen atoms in total. The van der Waals surface area contributed by atoms with Gasteiger partial charge in [0.05, 0.1) is 24.8 Å². The normalized spacial score (nSPS) is 11.9. The van der Waals surface area contributed by atoms with Gasteiger partial charge in [-0.15, -0.1) is 0 Å². The van der Waals surface area contributed by atoms with E-state index in [0.29, 0.717) is 32.9 Å². The second-order valence-corrected chi connectivity index (χ2v) is 12.2. The molecule has 0 fully saturated rings. The molecule has 0 radical (unpaired) electrons. The quantitative estimate of drug-likeness (QED) is 0.249. The highest BCUT2D eigenvalue weighted by Gasteiger charge is 2.34. The zero-order valence-corrected chi connectivity index (χ0v) is 26.6. The SMILES string of the molecule is CCNC(=O)[C@@H](CC)N(Cc1ccc(Cl)cc1Cl)C(=O)CN(c1ccc(Cl)cc1)S(=O)(=O)c1ccc(OC)c(OC)c1. The number of amides is 2. The molecule has 3 aromatic carbocycles. The van der Waals surface area contributed by atoms with Crippen LogP contribution in [0.3, 0.4) is 0 Å². The highest BCUT2D eigenvalue weighted by atomic mass is 35.5. The molecule has 42 heavy (non-hydrogen) atoms. The summed E-state index contributed by atoms with van der Waals surface area (Å²) in [5.74, 6) is -0.469. The minimum absolute atomic E-state index is 0.0602. The van der Waals surface area contributed by atoms with E-state index in [1.807, 2.05) is 0 Å². The summed E-state index contributed by atoms with van der Waals surface area (Å²) < 4.78 is 39.7. The molecule has 0 aliphatic rings. The van der Waals surface area contributed by atoms with Crippen molar-refractivity contribution in [1.29, 1.82) is 0 Å². The molecular weight excluding hydrogens is 625 g/mol. The van der Waals surface area contributed by atoms with Crippen LogP contribution in [0.25, 0.3) is 0 Å². The number of methoxy groups -OCH3 is 2. The molecule has 0 heterocycles. The molecule has 0 unspecified atom stereocenters. The van der Waals surface area contributed by atoms with Crippen LogP contribution in [0.5, 0.6) is 11.5 Å². The van der Waals surface area contributed by atoms with Crippen LogP contribution in [0.2, 0.25) is 15.1 Å². The van der Waals surface area contributed by atoms with Gasteiger partial charge in [0, 0.05) is 34.2 Å². The molecule has 0 saturated heterocycles. The lowest BCUT2D eigenvalue weighted by atomic mass is 10.1. The Bertz CT molecular complexity index is 1520. The van der Waals surface area contributed by atoms with Gasteiger partial charge >= 0.3 is 0 Å². The van der Waals surface area contributed by atoms with Gasteiger partial charge in [0.25, 0.3) is 10.0 Å². The van der Waals surface area contributed by atoms with Crippen molar-refractivity contribution >= 4 is 62.3 Å². The fraction of sp³-hybridized carbons (Fsp3) is 0.310. The van der Waals surface area contributed by atoms with Gasteiger partial charge in [-0.05, 0) is 67.4 Å². The van der Waals surface area contributed by atoms with Gasteiger partial charge in [-0.1, -0.05) is 47.8 Å². The van der Waals surface area contributed by atoms with E-state index < -0.39 is 28.5 Å². The Kier molecular flexibility index (Phi) is 11.8. The van der Waals surface area contributed by atoms with E-state index in [1.165, 1.54) is 67.7 Å². The highest BCUT2D eigenvalue weighted by molar-refractivity contribution is 7.92. The molecule has 0 aliphatic carbocycles. The molecule has 2 amide bonds. The first-order valence-corrected chi connectivity index (χ1v) is 15.6. The Morgan fingerprint density at radius 3 is 2.10 bits per heavy atom. The molecule has 0 aliphatic heterocycles. The molecule has 1 N–H and O–H groups in total. The van der Waals surface area contributed by atoms with Crippen LogP contribution in [0.1, 0.15) is 25.8 Å². The molecule has 3 aromatic rings. The minimum atomic E-state index is -4.34. The molecule has 0 spiro atoms. The number of carbonyl (C=O) groups is 2. The molecule has 0 aromatic heterocycles. The van der Waals surface area contributed by atoms with Crippen LogP contribution in [0, 0.1) is 0 Å². The number of nitrogens with one attached hydrogen (secondary N) is 1. The number of anilines is 1. The van der Waals surface area contributed by atoms with E-state index in [9.17, 15) is 18.0 Å². The Balaban J connectivity index is 2.11. The average molecular weight is 657 g/mol. The van der Waals surface area contributed by atoms with Crippen molar-refractivity contribution in [3.05, 3.63) is 81.3 Å². The molecule has 226 valence electrons. The standard InChI is InChI=1S/C29H32Cl3N3O6S/c1-5-25(29(37)33-6-2)34(17-19-7-8-21(31)15-24(19)32)28(36)18-35(22-11-9-20(30)10-12-22)42(38,39)23-13-14-26(40-3)27(16-23)41-4/h7-16,25H,5-6,17-18H2,1-4H3,(H,33,37)/t25-/m1/s1. The van der Waals surface area contributed by atoms with Gasteiger partial charge in [-0.3, -0.25) is 13.9 Å². The number of sulfonamides is 1. The first-order valence-electron chi connectivity index (χ1n) is 13.0. The third-order valence-corrected chi connectivity index (χ3v) is 9.04. The van der Waals surface area contributed by atoms with Gasteiger partial charge in [-0.25, -0.2) is 8.42 Å². The maximum absolute atomic E-state index is 14.1. The summed E-state index contributed by atoms with van der Waals surface area (Å²) in [7, 11) is -1.51. The van der Waals surface area contributed by atoms with Gasteiger partial charge < -0.3 is 19.7 Å². The van der Waals surface area contributed by atoms with Crippen molar-refractivity contribution < 1.29 is 27.5 Å². The number of likely N-dealkylation sites (N-methyl/N-ethyl adjacent to an activating group) is 1. The van der Waals surface area contributed by atoms with Crippen LogP contribution in [-0.2, 0) is 26.2 Å². The van der Waals surface area contributed by atoms with Gasteiger partial charge in [-0.2, -0.15) is 0 Å². The first-order chi connectivity index (χ1) is 20.0. The predicted octanol–water partition coefficient (Wildman–Crippen LogP) is 5.80. The fourth-order valence-electron chi connectivity index (χ4n) is 4.29. The summed E-state index contributed by atoms with van der Waals surface area (Å²) in [5, 5.41) is 3.85. The minimum Gasteiger partial charge on any atom is -0.493 e. The summed E-state index contributed by atoms with van der Waals surface area (Å²) >= 11 is 18.6. The lowest BCUT2D eigenvalue weighted by Gasteiger charge is -2.33. The second-order valence-electron chi connectivity index (χ2n) is 9.08. The topological polar surface area (TPSA) is 105 Å². The number of benzene rings is 3. The molecule has 1 atom stereocenters. The Morgan fingerprint density at radius 2 is 1.52 bits per heavy atom. The smallest absolute Gasteiger partial charge is 0.264 e. The maximum Gasteiger partial charge on any atom is 0.264 e. The summed E-state index contributed by atoms with van der Waals surface area (Å²) in [6, 6.07) is 14.1. The van der Waals surface area contributed by atoms with E-state index in [4.69, 9.17) is 44.3 Å². The number of nitrogens with zero attached hydrogens (tertiary/aromatic N) is 2. The number of carbonyl (C=O) groups excluding carboxylic acids is 2. The van der Waals surface area contributed by atoms with Crippen molar-refractivity contribution in [2.75, 3.05) is 31.6 Å². The second kappa shape index (κ2) is 14.8. The number of halogens is 3. The summed E-state index contributed by atoms with van der Waals surface area (Å²) in [4.78, 5) is 28.3. The largest absolute Gasteiger partial charge is 0.493 e.